The minimum absolute atomic E-state index is 0.0514. The van der Waals surface area contributed by atoms with Gasteiger partial charge in [-0.25, -0.2) is 4.39 Å². The first-order valence-corrected chi connectivity index (χ1v) is 11.6. The number of hydrogen-bond donors (Lipinski definition) is 2. The van der Waals surface area contributed by atoms with Crippen LogP contribution in [0.5, 0.6) is 5.75 Å². The van der Waals surface area contributed by atoms with Gasteiger partial charge in [-0.15, -0.1) is 10.2 Å². The Morgan fingerprint density at radius 1 is 0.971 bits per heavy atom. The van der Waals surface area contributed by atoms with Crippen LogP contribution in [0, 0.1) is 12.7 Å². The molecule has 8 nitrogen and oxygen atoms in total. The molecule has 10 heteroatoms. The first-order valence-electron chi connectivity index (χ1n) is 10.6. The average molecular weight is 492 g/mol. The van der Waals surface area contributed by atoms with E-state index in [1.165, 1.54) is 24.3 Å². The van der Waals surface area contributed by atoms with Gasteiger partial charge in [-0.2, -0.15) is 0 Å². The largest absolute Gasteiger partial charge is 0.497 e. The van der Waals surface area contributed by atoms with Crippen LogP contribution in [0.15, 0.2) is 78.0 Å². The quantitative estimate of drug-likeness (QED) is 0.300. The normalized spacial score (nSPS) is 10.6. The van der Waals surface area contributed by atoms with Crippen LogP contribution in [0.4, 0.5) is 4.39 Å². The second kappa shape index (κ2) is 10.8. The Morgan fingerprint density at radius 2 is 1.69 bits per heavy atom. The zero-order chi connectivity index (χ0) is 24.8. The lowest BCUT2D eigenvalue weighted by Gasteiger charge is -2.11. The third-order valence-electron chi connectivity index (χ3n) is 5.04. The van der Waals surface area contributed by atoms with E-state index in [4.69, 9.17) is 4.74 Å². The Morgan fingerprint density at radius 3 is 2.37 bits per heavy atom. The lowest BCUT2D eigenvalue weighted by Crippen LogP contribution is -2.42. The Labute approximate surface area is 205 Å². The maximum atomic E-state index is 13.7. The van der Waals surface area contributed by atoms with Crippen molar-refractivity contribution in [2.75, 3.05) is 12.9 Å². The van der Waals surface area contributed by atoms with E-state index in [0.717, 1.165) is 34.3 Å². The van der Waals surface area contributed by atoms with Crippen molar-refractivity contribution in [3.05, 3.63) is 89.7 Å². The van der Waals surface area contributed by atoms with Crippen molar-refractivity contribution in [2.45, 2.75) is 12.1 Å². The molecular weight excluding hydrogens is 469 g/mol. The number of aryl methyl sites for hydroxylation is 1. The number of hydrazine groups is 1. The van der Waals surface area contributed by atoms with Crippen LogP contribution in [-0.2, 0) is 4.79 Å². The molecule has 0 spiro atoms. The molecule has 0 fully saturated rings. The number of amides is 2. The Hall–Kier alpha value is -4.18. The predicted octanol–water partition coefficient (Wildman–Crippen LogP) is 3.94. The van der Waals surface area contributed by atoms with Crippen LogP contribution in [0.2, 0.25) is 0 Å². The van der Waals surface area contributed by atoms with Gasteiger partial charge < -0.3 is 4.74 Å². The number of carbonyl (C=O) groups excluding carboxylic acids is 2. The highest BCUT2D eigenvalue weighted by Crippen LogP contribution is 2.29. The highest BCUT2D eigenvalue weighted by molar-refractivity contribution is 7.99. The standard InChI is InChI=1S/C25H22FN5O3S/c1-16-7-11-18(12-8-16)31-23(17-9-13-19(34-2)14-10-17)28-30-25(31)35-15-22(32)27-29-24(33)20-5-3-4-6-21(20)26/h3-14H,15H2,1-2H3,(H,27,32)(H,29,33). The number of nitrogens with zero attached hydrogens (tertiary/aromatic N) is 3. The molecule has 0 unspecified atom stereocenters. The zero-order valence-electron chi connectivity index (χ0n) is 19.0. The number of halogens is 1. The molecule has 4 aromatic rings. The summed E-state index contributed by atoms with van der Waals surface area (Å²) in [5.41, 5.74) is 7.12. The summed E-state index contributed by atoms with van der Waals surface area (Å²) >= 11 is 1.16. The number of hydrogen-bond acceptors (Lipinski definition) is 6. The molecule has 0 radical (unpaired) electrons. The van der Waals surface area contributed by atoms with E-state index < -0.39 is 17.6 Å². The van der Waals surface area contributed by atoms with Crippen LogP contribution in [0.3, 0.4) is 0 Å². The van der Waals surface area contributed by atoms with E-state index in [1.807, 2.05) is 60.0 Å². The molecular formula is C25H22FN5O3S. The van der Waals surface area contributed by atoms with Crippen LogP contribution < -0.4 is 15.6 Å². The molecule has 35 heavy (non-hydrogen) atoms. The first-order chi connectivity index (χ1) is 17.0. The molecule has 3 aromatic carbocycles. The zero-order valence-corrected chi connectivity index (χ0v) is 19.8. The highest BCUT2D eigenvalue weighted by Gasteiger charge is 2.18. The maximum Gasteiger partial charge on any atom is 0.272 e. The Kier molecular flexibility index (Phi) is 7.41. The summed E-state index contributed by atoms with van der Waals surface area (Å²) in [6.07, 6.45) is 0. The highest BCUT2D eigenvalue weighted by atomic mass is 32.2. The Bertz CT molecular complexity index is 1340. The molecule has 2 N–H and O–H groups in total. The van der Waals surface area contributed by atoms with E-state index in [2.05, 4.69) is 21.0 Å². The third-order valence-corrected chi connectivity index (χ3v) is 5.97. The fourth-order valence-corrected chi connectivity index (χ4v) is 3.97. The van der Waals surface area contributed by atoms with Crippen molar-refractivity contribution in [1.29, 1.82) is 0 Å². The summed E-state index contributed by atoms with van der Waals surface area (Å²) in [4.78, 5) is 24.5. The van der Waals surface area contributed by atoms with Crippen LogP contribution in [0.25, 0.3) is 17.1 Å². The Balaban J connectivity index is 1.50. The van der Waals surface area contributed by atoms with Gasteiger partial charge >= 0.3 is 0 Å². The van der Waals surface area contributed by atoms with Crippen LogP contribution in [-0.4, -0.2) is 39.4 Å². The summed E-state index contributed by atoms with van der Waals surface area (Å²) < 4.78 is 20.8. The molecule has 0 aliphatic rings. The fraction of sp³-hybridized carbons (Fsp3) is 0.120. The number of rotatable bonds is 7. The monoisotopic (exact) mass is 491 g/mol. The predicted molar refractivity (Wildman–Crippen MR) is 131 cm³/mol. The van der Waals surface area contributed by atoms with Crippen molar-refractivity contribution < 1.29 is 18.7 Å². The number of thioether (sulfide) groups is 1. The van der Waals surface area contributed by atoms with Gasteiger partial charge in [0, 0.05) is 11.3 Å². The van der Waals surface area contributed by atoms with E-state index in [9.17, 15) is 14.0 Å². The van der Waals surface area contributed by atoms with Gasteiger partial charge in [-0.1, -0.05) is 41.6 Å². The van der Waals surface area contributed by atoms with Crippen molar-refractivity contribution in [3.8, 4) is 22.8 Å². The van der Waals surface area contributed by atoms with Crippen molar-refractivity contribution in [3.63, 3.8) is 0 Å². The summed E-state index contributed by atoms with van der Waals surface area (Å²) in [5.74, 6) is -0.628. The van der Waals surface area contributed by atoms with E-state index in [1.54, 1.807) is 7.11 Å². The average Bonchev–Trinajstić information content (AvgIpc) is 3.30. The molecule has 0 bridgehead atoms. The number of aromatic nitrogens is 3. The fourth-order valence-electron chi connectivity index (χ4n) is 3.22. The van der Waals surface area contributed by atoms with Crippen molar-refractivity contribution >= 4 is 23.6 Å². The van der Waals surface area contributed by atoms with Gasteiger partial charge in [0.1, 0.15) is 11.6 Å². The van der Waals surface area contributed by atoms with Gasteiger partial charge in [0.2, 0.25) is 5.91 Å². The summed E-state index contributed by atoms with van der Waals surface area (Å²) in [7, 11) is 1.60. The number of ether oxygens (including phenoxy) is 1. The second-order valence-electron chi connectivity index (χ2n) is 7.48. The molecule has 4 rings (SSSR count). The van der Waals surface area contributed by atoms with Crippen molar-refractivity contribution in [1.82, 2.24) is 25.6 Å². The SMILES string of the molecule is COc1ccc(-c2nnc(SCC(=O)NNC(=O)c3ccccc3F)n2-c2ccc(C)cc2)cc1. The van der Waals surface area contributed by atoms with Gasteiger partial charge in [0.25, 0.3) is 5.91 Å². The van der Waals surface area contributed by atoms with E-state index in [0.29, 0.717) is 11.0 Å². The first kappa shape index (κ1) is 24.0. The van der Waals surface area contributed by atoms with Gasteiger partial charge in [-0.3, -0.25) is 25.0 Å². The summed E-state index contributed by atoms with van der Waals surface area (Å²) in [6.45, 7) is 2.00. The summed E-state index contributed by atoms with van der Waals surface area (Å²) in [5, 5.41) is 9.13. The number of nitrogens with one attached hydrogen (secondary N) is 2. The topological polar surface area (TPSA) is 98.1 Å². The van der Waals surface area contributed by atoms with Gasteiger partial charge in [0.15, 0.2) is 11.0 Å². The summed E-state index contributed by atoms with van der Waals surface area (Å²) in [6, 6.07) is 20.8. The second-order valence-corrected chi connectivity index (χ2v) is 8.42. The third kappa shape index (κ3) is 5.67. The lowest BCUT2D eigenvalue weighted by molar-refractivity contribution is -0.119. The minimum Gasteiger partial charge on any atom is -0.497 e. The number of methoxy groups -OCH3 is 1. The molecule has 1 aromatic heterocycles. The molecule has 0 aliphatic heterocycles. The van der Waals surface area contributed by atoms with E-state index >= 15 is 0 Å². The van der Waals surface area contributed by atoms with E-state index in [-0.39, 0.29) is 11.3 Å². The molecule has 0 saturated carbocycles. The number of benzene rings is 3. The molecule has 0 saturated heterocycles. The van der Waals surface area contributed by atoms with Crippen molar-refractivity contribution in [2.24, 2.45) is 0 Å². The molecule has 1 heterocycles. The van der Waals surface area contributed by atoms with Gasteiger partial charge in [0.05, 0.1) is 18.4 Å². The molecule has 2 amide bonds. The van der Waals surface area contributed by atoms with Crippen LogP contribution >= 0.6 is 11.8 Å². The van der Waals surface area contributed by atoms with Crippen LogP contribution in [0.1, 0.15) is 15.9 Å². The minimum atomic E-state index is -0.744. The smallest absolute Gasteiger partial charge is 0.272 e. The molecule has 0 atom stereocenters. The lowest BCUT2D eigenvalue weighted by atomic mass is 10.2. The van der Waals surface area contributed by atoms with Gasteiger partial charge in [-0.05, 0) is 55.5 Å². The molecule has 178 valence electrons. The maximum absolute atomic E-state index is 13.7. The number of carbonyl (C=O) groups is 2. The molecule has 0 aliphatic carbocycles.